The van der Waals surface area contributed by atoms with Gasteiger partial charge in [0.05, 0.1) is 28.4 Å². The van der Waals surface area contributed by atoms with E-state index in [9.17, 15) is 5.26 Å². The molecule has 0 unspecified atom stereocenters. The van der Waals surface area contributed by atoms with E-state index in [0.717, 1.165) is 11.9 Å². The van der Waals surface area contributed by atoms with Gasteiger partial charge in [0.15, 0.2) is 5.75 Å². The number of nitrogens with zero attached hydrogens (tertiary/aromatic N) is 1. The molecule has 0 saturated carbocycles. The minimum atomic E-state index is -0.546. The van der Waals surface area contributed by atoms with Crippen LogP contribution in [0.1, 0.15) is 60.5 Å². The van der Waals surface area contributed by atoms with E-state index in [4.69, 9.17) is 25.6 Å². The third kappa shape index (κ3) is 4.24. The summed E-state index contributed by atoms with van der Waals surface area (Å²) in [4.78, 5) is 0. The van der Waals surface area contributed by atoms with Gasteiger partial charge in [0.25, 0.3) is 0 Å². The molecule has 0 atom stereocenters. The molecule has 0 amide bonds. The molecule has 1 aliphatic rings. The lowest BCUT2D eigenvalue weighted by Gasteiger charge is -2.32. The normalized spacial score (nSPS) is 17.7. The highest BCUT2D eigenvalue weighted by molar-refractivity contribution is 6.62. The van der Waals surface area contributed by atoms with Crippen molar-refractivity contribution in [3.05, 3.63) is 22.7 Å². The predicted molar refractivity (Wildman–Crippen MR) is 99.0 cm³/mol. The van der Waals surface area contributed by atoms with E-state index in [1.54, 1.807) is 12.1 Å². The second kappa shape index (κ2) is 8.25. The summed E-state index contributed by atoms with van der Waals surface area (Å²) in [5.41, 5.74) is 0.248. The van der Waals surface area contributed by atoms with Crippen LogP contribution in [0.5, 0.6) is 5.75 Å². The van der Waals surface area contributed by atoms with Crippen LogP contribution in [-0.4, -0.2) is 24.9 Å². The van der Waals surface area contributed by atoms with Crippen molar-refractivity contribution < 1.29 is 14.0 Å². The third-order valence-corrected chi connectivity index (χ3v) is 4.44. The summed E-state index contributed by atoms with van der Waals surface area (Å²) in [7, 11) is -0.546. The van der Waals surface area contributed by atoms with Gasteiger partial charge in [0.1, 0.15) is 6.07 Å². The van der Waals surface area contributed by atoms with Crippen molar-refractivity contribution in [2.45, 2.75) is 66.1 Å². The Kier molecular flexibility index (Phi) is 7.16. The summed E-state index contributed by atoms with van der Waals surface area (Å²) < 4.78 is 17.6. The van der Waals surface area contributed by atoms with Gasteiger partial charge in [-0.3, -0.25) is 0 Å². The van der Waals surface area contributed by atoms with Crippen molar-refractivity contribution in [1.82, 2.24) is 0 Å². The molecule has 0 N–H and O–H groups in total. The standard InChI is InChI=1S/C16H21BClNO3.C2H6/c1-6-7-20-14-11(10-19)8-12(9-13(14)18)17-21-15(2,3)16(4,5)22-17;1-2/h8-9H,6-7H2,1-5H3;1-2H3. The Morgan fingerprint density at radius 3 is 2.17 bits per heavy atom. The van der Waals surface area contributed by atoms with E-state index >= 15 is 0 Å². The van der Waals surface area contributed by atoms with E-state index in [1.807, 2.05) is 48.5 Å². The lowest BCUT2D eigenvalue weighted by molar-refractivity contribution is 0.00578. The quantitative estimate of drug-likeness (QED) is 0.758. The highest BCUT2D eigenvalue weighted by Gasteiger charge is 2.51. The highest BCUT2D eigenvalue weighted by atomic mass is 35.5. The Labute approximate surface area is 151 Å². The zero-order valence-electron chi connectivity index (χ0n) is 15.7. The molecule has 1 fully saturated rings. The van der Waals surface area contributed by atoms with E-state index in [0.29, 0.717) is 22.9 Å². The lowest BCUT2D eigenvalue weighted by atomic mass is 9.78. The van der Waals surface area contributed by atoms with Gasteiger partial charge in [0.2, 0.25) is 0 Å². The number of rotatable bonds is 4. The first-order valence-corrected chi connectivity index (χ1v) is 8.81. The van der Waals surface area contributed by atoms with Crippen molar-refractivity contribution in [3.63, 3.8) is 0 Å². The smallest absolute Gasteiger partial charge is 0.491 e. The maximum Gasteiger partial charge on any atom is 0.494 e. The molecule has 0 radical (unpaired) electrons. The van der Waals surface area contributed by atoms with Crippen LogP contribution in [-0.2, 0) is 9.31 Å². The first-order chi connectivity index (χ1) is 11.2. The second-order valence-electron chi connectivity index (χ2n) is 6.43. The molecule has 4 nitrogen and oxygen atoms in total. The SMILES string of the molecule is CC.CCCOc1c(Cl)cc(B2OC(C)(C)C(C)(C)O2)cc1C#N. The molecule has 132 valence electrons. The minimum Gasteiger partial charge on any atom is -0.491 e. The van der Waals surface area contributed by atoms with Crippen LogP contribution in [0.2, 0.25) is 5.02 Å². The zero-order valence-corrected chi connectivity index (χ0v) is 16.5. The molecule has 1 aromatic carbocycles. The van der Waals surface area contributed by atoms with Crippen molar-refractivity contribution in [1.29, 1.82) is 5.26 Å². The molecule has 2 rings (SSSR count). The number of benzene rings is 1. The molecule has 1 aliphatic heterocycles. The van der Waals surface area contributed by atoms with Gasteiger partial charge >= 0.3 is 7.12 Å². The van der Waals surface area contributed by atoms with Crippen LogP contribution in [0.4, 0.5) is 0 Å². The molecule has 6 heteroatoms. The summed E-state index contributed by atoms with van der Waals surface area (Å²) in [6, 6.07) is 5.60. The van der Waals surface area contributed by atoms with E-state index in [2.05, 4.69) is 6.07 Å². The number of hydrogen-bond donors (Lipinski definition) is 0. The minimum absolute atomic E-state index is 0.394. The Hall–Kier alpha value is -1.22. The molecule has 0 aliphatic carbocycles. The van der Waals surface area contributed by atoms with Crippen molar-refractivity contribution in [2.75, 3.05) is 6.61 Å². The van der Waals surface area contributed by atoms with Crippen molar-refractivity contribution >= 4 is 24.2 Å². The van der Waals surface area contributed by atoms with Crippen molar-refractivity contribution in [2.24, 2.45) is 0 Å². The monoisotopic (exact) mass is 351 g/mol. The molecule has 0 spiro atoms. The molecular weight excluding hydrogens is 324 g/mol. The molecule has 24 heavy (non-hydrogen) atoms. The largest absolute Gasteiger partial charge is 0.494 e. The van der Waals surface area contributed by atoms with Crippen LogP contribution >= 0.6 is 11.6 Å². The number of hydrogen-bond acceptors (Lipinski definition) is 4. The van der Waals surface area contributed by atoms with Gasteiger partial charge < -0.3 is 14.0 Å². The maximum absolute atomic E-state index is 9.34. The van der Waals surface area contributed by atoms with Crippen LogP contribution in [0.15, 0.2) is 12.1 Å². The third-order valence-electron chi connectivity index (χ3n) is 4.16. The topological polar surface area (TPSA) is 51.5 Å². The highest BCUT2D eigenvalue weighted by Crippen LogP contribution is 2.37. The summed E-state index contributed by atoms with van der Waals surface area (Å²) in [6.07, 6.45) is 0.847. The van der Waals surface area contributed by atoms with Gasteiger partial charge in [-0.15, -0.1) is 0 Å². The second-order valence-corrected chi connectivity index (χ2v) is 6.84. The van der Waals surface area contributed by atoms with Gasteiger partial charge in [-0.2, -0.15) is 5.26 Å². The number of ether oxygens (including phenoxy) is 1. The number of nitriles is 1. The number of halogens is 1. The Morgan fingerprint density at radius 1 is 1.17 bits per heavy atom. The summed E-state index contributed by atoms with van der Waals surface area (Å²) >= 11 is 6.28. The molecule has 1 aromatic rings. The van der Waals surface area contributed by atoms with Gasteiger partial charge in [-0.05, 0) is 51.7 Å². The molecule has 1 heterocycles. The van der Waals surface area contributed by atoms with E-state index in [-0.39, 0.29) is 0 Å². The average molecular weight is 352 g/mol. The fourth-order valence-corrected chi connectivity index (χ4v) is 2.45. The van der Waals surface area contributed by atoms with Crippen LogP contribution in [0, 0.1) is 11.3 Å². The van der Waals surface area contributed by atoms with Gasteiger partial charge in [0, 0.05) is 0 Å². The van der Waals surface area contributed by atoms with Crippen LogP contribution in [0.3, 0.4) is 0 Å². The molecular formula is C18H27BClNO3. The Morgan fingerprint density at radius 2 is 1.71 bits per heavy atom. The van der Waals surface area contributed by atoms with Gasteiger partial charge in [-0.1, -0.05) is 32.4 Å². The summed E-state index contributed by atoms with van der Waals surface area (Å²) in [5, 5.41) is 9.74. The average Bonchev–Trinajstić information content (AvgIpc) is 2.75. The molecule has 1 saturated heterocycles. The molecule has 0 aromatic heterocycles. The van der Waals surface area contributed by atoms with Crippen molar-refractivity contribution in [3.8, 4) is 11.8 Å². The first kappa shape index (κ1) is 20.8. The fraction of sp³-hybridized carbons (Fsp3) is 0.611. The Bertz CT molecular complexity index is 595. The fourth-order valence-electron chi connectivity index (χ4n) is 2.16. The van der Waals surface area contributed by atoms with E-state index in [1.165, 1.54) is 0 Å². The van der Waals surface area contributed by atoms with Crippen LogP contribution in [0.25, 0.3) is 0 Å². The lowest BCUT2D eigenvalue weighted by Crippen LogP contribution is -2.41. The summed E-state index contributed by atoms with van der Waals surface area (Å²) in [6.45, 7) is 14.5. The predicted octanol–water partition coefficient (Wildman–Crippen LogP) is 4.33. The molecule has 0 bridgehead atoms. The zero-order chi connectivity index (χ0) is 18.5. The van der Waals surface area contributed by atoms with Gasteiger partial charge in [-0.25, -0.2) is 0 Å². The maximum atomic E-state index is 9.34. The van der Waals surface area contributed by atoms with Crippen LogP contribution < -0.4 is 10.2 Å². The summed E-state index contributed by atoms with van der Waals surface area (Å²) in [5.74, 6) is 0.422. The Balaban J connectivity index is 0.00000139. The first-order valence-electron chi connectivity index (χ1n) is 8.44. The van der Waals surface area contributed by atoms with E-state index < -0.39 is 18.3 Å².